The monoisotopic (exact) mass is 510 g/mol. The Morgan fingerprint density at radius 1 is 0.784 bits per heavy atom. The number of carbonyl (C=O) groups is 2. The number of amides is 1. The second-order valence-electron chi connectivity index (χ2n) is 8.14. The van der Waals surface area contributed by atoms with E-state index in [1.165, 1.54) is 3.96 Å². The first-order valence-electron chi connectivity index (χ1n) is 11.5. The molecule has 37 heavy (non-hydrogen) atoms. The molecule has 0 bridgehead atoms. The zero-order chi connectivity index (χ0) is 25.6. The van der Waals surface area contributed by atoms with Crippen LogP contribution in [0.25, 0.3) is 10.1 Å². The number of rotatable bonds is 8. The molecule has 1 aromatic heterocycles. The van der Waals surface area contributed by atoms with Gasteiger partial charge < -0.3 is 14.8 Å². The quantitative estimate of drug-likeness (QED) is 0.211. The molecule has 1 amide bonds. The summed E-state index contributed by atoms with van der Waals surface area (Å²) in [6.45, 7) is -0.0192. The van der Waals surface area contributed by atoms with Crippen LogP contribution in [-0.2, 0) is 20.9 Å². The lowest BCUT2D eigenvalue weighted by molar-refractivity contribution is -0.151. The van der Waals surface area contributed by atoms with Gasteiger partial charge in [-0.1, -0.05) is 72.2 Å². The summed E-state index contributed by atoms with van der Waals surface area (Å²) in [5.41, 5.74) is 0.789. The van der Waals surface area contributed by atoms with Gasteiger partial charge in [-0.15, -0.1) is 0 Å². The van der Waals surface area contributed by atoms with E-state index < -0.39 is 23.5 Å². The standard InChI is InChI=1S/C29H22N2O5S/c32-27(30-21-15-17-23(18-16-21)36-22-11-5-2-6-12-22)26(29(34)35-19-20-9-3-1-4-10-20)31-28(33)24-13-7-8-14-25(24)37-31/h1-18,26H,19H2,(H,30,32). The average Bonchev–Trinajstić information content (AvgIpc) is 3.26. The molecule has 1 N–H and O–H groups in total. The molecule has 0 saturated carbocycles. The van der Waals surface area contributed by atoms with E-state index in [-0.39, 0.29) is 6.61 Å². The maximum Gasteiger partial charge on any atom is 0.340 e. The Labute approximate surface area is 216 Å². The van der Waals surface area contributed by atoms with Crippen molar-refractivity contribution in [1.82, 2.24) is 3.96 Å². The summed E-state index contributed by atoms with van der Waals surface area (Å²) < 4.78 is 13.1. The number of esters is 1. The van der Waals surface area contributed by atoms with Gasteiger partial charge in [-0.3, -0.25) is 9.59 Å². The van der Waals surface area contributed by atoms with Crippen molar-refractivity contribution >= 4 is 39.2 Å². The molecule has 0 saturated heterocycles. The van der Waals surface area contributed by atoms with Gasteiger partial charge in [0, 0.05) is 5.69 Å². The Morgan fingerprint density at radius 3 is 2.11 bits per heavy atom. The minimum absolute atomic E-state index is 0.0192. The van der Waals surface area contributed by atoms with E-state index >= 15 is 0 Å². The normalized spacial score (nSPS) is 11.6. The van der Waals surface area contributed by atoms with E-state index in [9.17, 15) is 14.4 Å². The molecule has 7 nitrogen and oxygen atoms in total. The van der Waals surface area contributed by atoms with Crippen molar-refractivity contribution in [3.63, 3.8) is 0 Å². The molecule has 0 spiro atoms. The van der Waals surface area contributed by atoms with Crippen LogP contribution in [0.15, 0.2) is 114 Å². The third kappa shape index (κ3) is 5.60. The minimum atomic E-state index is -1.49. The molecule has 0 radical (unpaired) electrons. The largest absolute Gasteiger partial charge is 0.459 e. The molecule has 184 valence electrons. The Hall–Kier alpha value is -4.69. The number of nitrogens with one attached hydrogen (secondary N) is 1. The highest BCUT2D eigenvalue weighted by Crippen LogP contribution is 2.25. The van der Waals surface area contributed by atoms with Gasteiger partial charge in [0.05, 0.1) is 10.1 Å². The fourth-order valence-electron chi connectivity index (χ4n) is 3.72. The SMILES string of the molecule is O=C(Nc1ccc(Oc2ccccc2)cc1)C(C(=O)OCc1ccccc1)n1sc2ccccc2c1=O. The molecular weight excluding hydrogens is 488 g/mol. The number of aromatic nitrogens is 1. The highest BCUT2D eigenvalue weighted by molar-refractivity contribution is 7.14. The molecule has 1 unspecified atom stereocenters. The van der Waals surface area contributed by atoms with Crippen LogP contribution in [0, 0.1) is 0 Å². The smallest absolute Gasteiger partial charge is 0.340 e. The highest BCUT2D eigenvalue weighted by Gasteiger charge is 2.33. The summed E-state index contributed by atoms with van der Waals surface area (Å²) >= 11 is 1.05. The zero-order valence-corrected chi connectivity index (χ0v) is 20.4. The van der Waals surface area contributed by atoms with Gasteiger partial charge >= 0.3 is 5.97 Å². The first-order valence-corrected chi connectivity index (χ1v) is 12.3. The van der Waals surface area contributed by atoms with Crippen LogP contribution >= 0.6 is 11.5 Å². The fraction of sp³-hybridized carbons (Fsp3) is 0.0690. The maximum atomic E-state index is 13.4. The first-order chi connectivity index (χ1) is 18.1. The van der Waals surface area contributed by atoms with Crippen LogP contribution in [0.4, 0.5) is 5.69 Å². The van der Waals surface area contributed by atoms with Gasteiger partial charge in [0.25, 0.3) is 11.5 Å². The van der Waals surface area contributed by atoms with Crippen LogP contribution in [0.3, 0.4) is 0 Å². The summed E-state index contributed by atoms with van der Waals surface area (Å²) in [5, 5.41) is 3.17. The number of carbonyl (C=O) groups excluding carboxylic acids is 2. The van der Waals surface area contributed by atoms with Gasteiger partial charge in [-0.05, 0) is 54.1 Å². The van der Waals surface area contributed by atoms with Crippen molar-refractivity contribution in [2.75, 3.05) is 5.32 Å². The zero-order valence-electron chi connectivity index (χ0n) is 19.6. The minimum Gasteiger partial charge on any atom is -0.459 e. The lowest BCUT2D eigenvalue weighted by Crippen LogP contribution is -2.37. The second kappa shape index (κ2) is 10.9. The van der Waals surface area contributed by atoms with Crippen LogP contribution in [-0.4, -0.2) is 15.8 Å². The number of nitrogens with zero attached hydrogens (tertiary/aromatic N) is 1. The van der Waals surface area contributed by atoms with Crippen molar-refractivity contribution in [2.45, 2.75) is 12.6 Å². The predicted octanol–water partition coefficient (Wildman–Crippen LogP) is 5.78. The number of hydrogen-bond donors (Lipinski definition) is 1. The van der Waals surface area contributed by atoms with Crippen LogP contribution < -0.4 is 15.6 Å². The van der Waals surface area contributed by atoms with E-state index in [0.717, 1.165) is 17.1 Å². The van der Waals surface area contributed by atoms with E-state index in [1.807, 2.05) is 60.7 Å². The van der Waals surface area contributed by atoms with Crippen molar-refractivity contribution in [3.05, 3.63) is 125 Å². The molecule has 0 aliphatic carbocycles. The van der Waals surface area contributed by atoms with Crippen molar-refractivity contribution < 1.29 is 19.1 Å². The lowest BCUT2D eigenvalue weighted by atomic mass is 10.2. The molecule has 4 aromatic carbocycles. The third-order valence-electron chi connectivity index (χ3n) is 5.55. The van der Waals surface area contributed by atoms with E-state index in [1.54, 1.807) is 48.5 Å². The molecule has 1 heterocycles. The molecule has 0 aliphatic heterocycles. The Kier molecular flexibility index (Phi) is 7.09. The summed E-state index contributed by atoms with van der Waals surface area (Å²) in [5.74, 6) is -0.226. The second-order valence-corrected chi connectivity index (χ2v) is 9.16. The molecule has 0 fully saturated rings. The predicted molar refractivity (Wildman–Crippen MR) is 143 cm³/mol. The van der Waals surface area contributed by atoms with Gasteiger partial charge in [-0.2, -0.15) is 0 Å². The third-order valence-corrected chi connectivity index (χ3v) is 6.67. The van der Waals surface area contributed by atoms with Gasteiger partial charge in [0.15, 0.2) is 0 Å². The number of hydrogen-bond acceptors (Lipinski definition) is 6. The first kappa shape index (κ1) is 24.0. The van der Waals surface area contributed by atoms with Crippen LogP contribution in [0.2, 0.25) is 0 Å². The summed E-state index contributed by atoms with van der Waals surface area (Å²) in [6.07, 6.45) is 0. The Balaban J connectivity index is 1.38. The number of para-hydroxylation sites is 1. The van der Waals surface area contributed by atoms with Crippen molar-refractivity contribution in [1.29, 1.82) is 0 Å². The summed E-state index contributed by atoms with van der Waals surface area (Å²) in [6, 6.07) is 30.7. The molecule has 0 aliphatic rings. The van der Waals surface area contributed by atoms with Crippen LogP contribution in [0.5, 0.6) is 11.5 Å². The molecule has 5 aromatic rings. The van der Waals surface area contributed by atoms with Crippen LogP contribution in [0.1, 0.15) is 11.6 Å². The Bertz CT molecular complexity index is 1580. The molecular formula is C29H22N2O5S. The highest BCUT2D eigenvalue weighted by atomic mass is 32.1. The lowest BCUT2D eigenvalue weighted by Gasteiger charge is -2.16. The average molecular weight is 511 g/mol. The fourth-order valence-corrected chi connectivity index (χ4v) is 4.79. The summed E-state index contributed by atoms with van der Waals surface area (Å²) in [7, 11) is 0. The van der Waals surface area contributed by atoms with Crippen molar-refractivity contribution in [3.8, 4) is 11.5 Å². The molecule has 8 heteroatoms. The molecule has 1 atom stereocenters. The van der Waals surface area contributed by atoms with E-state index in [4.69, 9.17) is 9.47 Å². The molecule has 5 rings (SSSR count). The van der Waals surface area contributed by atoms with E-state index in [0.29, 0.717) is 27.3 Å². The van der Waals surface area contributed by atoms with Gasteiger partial charge in [0.1, 0.15) is 18.1 Å². The van der Waals surface area contributed by atoms with E-state index in [2.05, 4.69) is 5.32 Å². The Morgan fingerprint density at radius 2 is 1.41 bits per heavy atom. The topological polar surface area (TPSA) is 86.6 Å². The number of benzene rings is 4. The maximum absolute atomic E-state index is 13.4. The van der Waals surface area contributed by atoms with Gasteiger partial charge in [0.2, 0.25) is 6.04 Å². The van der Waals surface area contributed by atoms with Gasteiger partial charge in [-0.25, -0.2) is 8.75 Å². The van der Waals surface area contributed by atoms with Crippen molar-refractivity contribution in [2.24, 2.45) is 0 Å². The summed E-state index contributed by atoms with van der Waals surface area (Å²) in [4.78, 5) is 39.6. The number of ether oxygens (including phenoxy) is 2. The number of fused-ring (bicyclic) bond motifs is 1. The number of anilines is 1.